The molecular formula is C19H25NO3S. The molecule has 0 spiro atoms. The molecule has 2 aromatic rings. The van der Waals surface area contributed by atoms with E-state index in [9.17, 15) is 4.79 Å². The van der Waals surface area contributed by atoms with E-state index < -0.39 is 0 Å². The molecule has 130 valence electrons. The molecule has 1 saturated carbocycles. The first kappa shape index (κ1) is 17.4. The minimum Gasteiger partial charge on any atom is -0.462 e. The van der Waals surface area contributed by atoms with Gasteiger partial charge < -0.3 is 9.15 Å². The maximum absolute atomic E-state index is 12.5. The zero-order valence-corrected chi connectivity index (χ0v) is 15.4. The average molecular weight is 347 g/mol. The van der Waals surface area contributed by atoms with Gasteiger partial charge in [-0.2, -0.15) is 11.8 Å². The monoisotopic (exact) mass is 347 g/mol. The number of carbonyl (C=O) groups is 1. The molecule has 1 aromatic heterocycles. The largest absolute Gasteiger partial charge is 0.462 e. The van der Waals surface area contributed by atoms with Gasteiger partial charge in [0.2, 0.25) is 0 Å². The predicted octanol–water partition coefficient (Wildman–Crippen LogP) is 4.33. The van der Waals surface area contributed by atoms with E-state index in [1.54, 1.807) is 0 Å². The lowest BCUT2D eigenvalue weighted by Crippen LogP contribution is -2.35. The fraction of sp³-hybridized carbons (Fsp3) is 0.526. The number of ether oxygens (including phenoxy) is 1. The van der Waals surface area contributed by atoms with Crippen molar-refractivity contribution in [2.24, 2.45) is 0 Å². The number of rotatable bonds is 6. The van der Waals surface area contributed by atoms with E-state index in [-0.39, 0.29) is 5.97 Å². The summed E-state index contributed by atoms with van der Waals surface area (Å²) in [7, 11) is 2.13. The molecule has 2 unspecified atom stereocenters. The molecule has 0 radical (unpaired) electrons. The van der Waals surface area contributed by atoms with Crippen molar-refractivity contribution >= 4 is 28.7 Å². The van der Waals surface area contributed by atoms with Gasteiger partial charge in [-0.1, -0.05) is 24.6 Å². The van der Waals surface area contributed by atoms with Crippen LogP contribution >= 0.6 is 11.8 Å². The topological polar surface area (TPSA) is 42.7 Å². The first-order valence-corrected chi connectivity index (χ1v) is 9.85. The van der Waals surface area contributed by atoms with Crippen LogP contribution in [0.1, 0.15) is 42.3 Å². The Morgan fingerprint density at radius 3 is 2.92 bits per heavy atom. The summed E-state index contributed by atoms with van der Waals surface area (Å²) in [5, 5.41) is 1.50. The first-order valence-electron chi connectivity index (χ1n) is 8.56. The number of carbonyl (C=O) groups excluding carboxylic acids is 1. The summed E-state index contributed by atoms with van der Waals surface area (Å²) in [5.41, 5.74) is 1.33. The minimum absolute atomic E-state index is 0.293. The highest BCUT2D eigenvalue weighted by Gasteiger charge is 2.31. The van der Waals surface area contributed by atoms with Crippen LogP contribution in [0, 0.1) is 0 Å². The zero-order valence-electron chi connectivity index (χ0n) is 14.6. The van der Waals surface area contributed by atoms with E-state index in [1.807, 2.05) is 43.0 Å². The molecule has 0 bridgehead atoms. The fourth-order valence-corrected chi connectivity index (χ4v) is 4.72. The summed E-state index contributed by atoms with van der Waals surface area (Å²) in [6.07, 6.45) is 5.92. The van der Waals surface area contributed by atoms with Crippen molar-refractivity contribution in [3.8, 4) is 0 Å². The molecule has 1 aliphatic carbocycles. The highest BCUT2D eigenvalue weighted by atomic mass is 32.2. The van der Waals surface area contributed by atoms with Crippen LogP contribution in [0.5, 0.6) is 0 Å². The Bertz CT molecular complexity index is 712. The van der Waals surface area contributed by atoms with Crippen molar-refractivity contribution in [3.63, 3.8) is 0 Å². The smallest absolute Gasteiger partial charge is 0.342 e. The lowest BCUT2D eigenvalue weighted by molar-refractivity contribution is 0.0523. The molecule has 1 aromatic carbocycles. The molecule has 0 amide bonds. The second-order valence-electron chi connectivity index (χ2n) is 6.30. The van der Waals surface area contributed by atoms with Gasteiger partial charge in [0.15, 0.2) is 0 Å². The highest BCUT2D eigenvalue weighted by Crippen LogP contribution is 2.34. The van der Waals surface area contributed by atoms with Gasteiger partial charge in [-0.3, -0.25) is 4.90 Å². The van der Waals surface area contributed by atoms with E-state index in [4.69, 9.17) is 9.15 Å². The van der Waals surface area contributed by atoms with E-state index in [0.717, 1.165) is 11.0 Å². The van der Waals surface area contributed by atoms with Crippen LogP contribution in [-0.2, 0) is 11.3 Å². The molecular weight excluding hydrogens is 322 g/mol. The third kappa shape index (κ3) is 3.33. The van der Waals surface area contributed by atoms with Crippen molar-refractivity contribution in [1.29, 1.82) is 0 Å². The summed E-state index contributed by atoms with van der Waals surface area (Å²) in [6, 6.07) is 8.21. The molecule has 4 nitrogen and oxygen atoms in total. The molecule has 1 aliphatic rings. The van der Waals surface area contributed by atoms with Crippen LogP contribution in [0.4, 0.5) is 0 Å². The van der Waals surface area contributed by atoms with Gasteiger partial charge in [0.05, 0.1) is 13.2 Å². The quantitative estimate of drug-likeness (QED) is 0.728. The number of thioether (sulfide) groups is 1. The maximum Gasteiger partial charge on any atom is 0.342 e. The number of esters is 1. The molecule has 5 heteroatoms. The number of nitrogens with zero attached hydrogens (tertiary/aromatic N) is 1. The minimum atomic E-state index is -0.293. The standard InChI is InChI=1S/C19H25NO3S/c1-4-22-19(21)18-13-8-5-6-10-15(13)23-16(18)12-20(2)14-9-7-11-17(14)24-3/h5-6,8,10,14,17H,4,7,9,11-12H2,1-3H3. The normalized spacial score (nSPS) is 20.8. The summed E-state index contributed by atoms with van der Waals surface area (Å²) >= 11 is 1.94. The van der Waals surface area contributed by atoms with Crippen LogP contribution in [-0.4, -0.2) is 42.1 Å². The van der Waals surface area contributed by atoms with Crippen molar-refractivity contribution in [1.82, 2.24) is 4.90 Å². The van der Waals surface area contributed by atoms with Gasteiger partial charge in [-0.05, 0) is 39.1 Å². The number of hydrogen-bond acceptors (Lipinski definition) is 5. The zero-order chi connectivity index (χ0) is 17.1. The van der Waals surface area contributed by atoms with E-state index in [1.165, 1.54) is 19.3 Å². The second-order valence-corrected chi connectivity index (χ2v) is 7.38. The van der Waals surface area contributed by atoms with Crippen LogP contribution in [0.25, 0.3) is 11.0 Å². The number of hydrogen-bond donors (Lipinski definition) is 0. The Labute approximate surface area is 147 Å². The van der Waals surface area contributed by atoms with Crippen LogP contribution in [0.2, 0.25) is 0 Å². The number of fused-ring (bicyclic) bond motifs is 1. The van der Waals surface area contributed by atoms with Gasteiger partial charge in [-0.25, -0.2) is 4.79 Å². The Kier molecular flexibility index (Phi) is 5.51. The molecule has 1 fully saturated rings. The molecule has 24 heavy (non-hydrogen) atoms. The number of para-hydroxylation sites is 1. The molecule has 0 N–H and O–H groups in total. The van der Waals surface area contributed by atoms with Crippen molar-refractivity contribution in [2.75, 3.05) is 19.9 Å². The van der Waals surface area contributed by atoms with Gasteiger partial charge >= 0.3 is 5.97 Å². The highest BCUT2D eigenvalue weighted by molar-refractivity contribution is 7.99. The second kappa shape index (κ2) is 7.62. The van der Waals surface area contributed by atoms with Crippen LogP contribution < -0.4 is 0 Å². The Morgan fingerprint density at radius 2 is 2.17 bits per heavy atom. The van der Waals surface area contributed by atoms with Crippen molar-refractivity contribution in [3.05, 3.63) is 35.6 Å². The van der Waals surface area contributed by atoms with Crippen LogP contribution in [0.3, 0.4) is 0 Å². The average Bonchev–Trinajstić information content (AvgIpc) is 3.18. The number of furan rings is 1. The molecule has 2 atom stereocenters. The van der Waals surface area contributed by atoms with E-state index in [2.05, 4.69) is 18.2 Å². The van der Waals surface area contributed by atoms with Crippen LogP contribution in [0.15, 0.2) is 28.7 Å². The summed E-state index contributed by atoms with van der Waals surface area (Å²) in [4.78, 5) is 14.8. The lowest BCUT2D eigenvalue weighted by Gasteiger charge is -2.28. The predicted molar refractivity (Wildman–Crippen MR) is 98.6 cm³/mol. The Hall–Kier alpha value is -1.46. The third-order valence-electron chi connectivity index (χ3n) is 4.83. The number of benzene rings is 1. The van der Waals surface area contributed by atoms with Crippen molar-refractivity contribution < 1.29 is 13.9 Å². The summed E-state index contributed by atoms with van der Waals surface area (Å²) in [6.45, 7) is 2.82. The van der Waals surface area contributed by atoms with Gasteiger partial charge in [0.1, 0.15) is 16.9 Å². The van der Waals surface area contributed by atoms with E-state index >= 15 is 0 Å². The molecule has 3 rings (SSSR count). The lowest BCUT2D eigenvalue weighted by atomic mass is 10.1. The SMILES string of the molecule is CCOC(=O)c1c(CN(C)C2CCCC2SC)oc2ccccc12. The maximum atomic E-state index is 12.5. The van der Waals surface area contributed by atoms with Crippen molar-refractivity contribution in [2.45, 2.75) is 44.0 Å². The van der Waals surface area contributed by atoms with E-state index in [0.29, 0.717) is 35.8 Å². The Balaban J connectivity index is 1.90. The molecule has 0 saturated heterocycles. The summed E-state index contributed by atoms with van der Waals surface area (Å²) < 4.78 is 11.3. The third-order valence-corrected chi connectivity index (χ3v) is 5.98. The van der Waals surface area contributed by atoms with Gasteiger partial charge in [0, 0.05) is 16.7 Å². The Morgan fingerprint density at radius 1 is 1.38 bits per heavy atom. The van der Waals surface area contributed by atoms with Gasteiger partial charge in [0.25, 0.3) is 0 Å². The summed E-state index contributed by atoms with van der Waals surface area (Å²) in [5.74, 6) is 0.419. The fourth-order valence-electron chi connectivity index (χ4n) is 3.66. The molecule has 0 aliphatic heterocycles. The van der Waals surface area contributed by atoms with Gasteiger partial charge in [-0.15, -0.1) is 0 Å². The molecule has 1 heterocycles. The first-order chi connectivity index (χ1) is 11.7.